The lowest BCUT2D eigenvalue weighted by Crippen LogP contribution is -2.08. The number of rotatable bonds is 4. The summed E-state index contributed by atoms with van der Waals surface area (Å²) in [5.41, 5.74) is 8.28. The smallest absolute Gasteiger partial charge is 0.175 e. The fraction of sp³-hybridized carbons (Fsp3) is 0.600. The first-order chi connectivity index (χ1) is 9.19. The van der Waals surface area contributed by atoms with E-state index in [2.05, 4.69) is 35.8 Å². The van der Waals surface area contributed by atoms with Gasteiger partial charge in [-0.05, 0) is 52.9 Å². The van der Waals surface area contributed by atoms with Crippen LogP contribution in [0.1, 0.15) is 43.7 Å². The topological polar surface area (TPSA) is 44.5 Å². The van der Waals surface area contributed by atoms with E-state index in [0.29, 0.717) is 19.1 Å². The fourth-order valence-corrected chi connectivity index (χ4v) is 3.11. The van der Waals surface area contributed by atoms with E-state index in [1.807, 2.05) is 0 Å². The highest BCUT2D eigenvalue weighted by Crippen LogP contribution is 2.44. The van der Waals surface area contributed by atoms with Crippen molar-refractivity contribution in [3.05, 3.63) is 21.7 Å². The van der Waals surface area contributed by atoms with Gasteiger partial charge in [-0.2, -0.15) is 0 Å². The molecule has 0 saturated carbocycles. The van der Waals surface area contributed by atoms with Crippen molar-refractivity contribution in [3.63, 3.8) is 0 Å². The second-order valence-electron chi connectivity index (χ2n) is 4.97. The zero-order chi connectivity index (χ0) is 13.8. The third kappa shape index (κ3) is 3.06. The molecule has 0 saturated heterocycles. The molecule has 19 heavy (non-hydrogen) atoms. The van der Waals surface area contributed by atoms with Gasteiger partial charge in [-0.15, -0.1) is 0 Å². The summed E-state index contributed by atoms with van der Waals surface area (Å²) in [5.74, 6) is 2.22. The molecule has 1 aliphatic rings. The molecule has 2 rings (SSSR count). The first-order valence-electron chi connectivity index (χ1n) is 7.00. The Morgan fingerprint density at radius 1 is 1.32 bits per heavy atom. The van der Waals surface area contributed by atoms with Gasteiger partial charge in [0.1, 0.15) is 0 Å². The molecule has 3 nitrogen and oxygen atoms in total. The molecule has 0 bridgehead atoms. The predicted molar refractivity (Wildman–Crippen MR) is 81.2 cm³/mol. The lowest BCUT2D eigenvalue weighted by Gasteiger charge is -2.21. The third-order valence-corrected chi connectivity index (χ3v) is 4.18. The minimum atomic E-state index is 0.438. The monoisotopic (exact) mass is 327 g/mol. The molecule has 1 aromatic rings. The summed E-state index contributed by atoms with van der Waals surface area (Å²) in [6, 6.07) is 2.17. The van der Waals surface area contributed by atoms with E-state index < -0.39 is 0 Å². The van der Waals surface area contributed by atoms with Gasteiger partial charge >= 0.3 is 0 Å². The average molecular weight is 328 g/mol. The van der Waals surface area contributed by atoms with Crippen LogP contribution in [0.5, 0.6) is 11.5 Å². The van der Waals surface area contributed by atoms with Crippen molar-refractivity contribution in [2.24, 2.45) is 5.73 Å². The van der Waals surface area contributed by atoms with Gasteiger partial charge in [0, 0.05) is 12.0 Å². The van der Waals surface area contributed by atoms with E-state index in [1.54, 1.807) is 0 Å². The van der Waals surface area contributed by atoms with E-state index in [4.69, 9.17) is 15.2 Å². The summed E-state index contributed by atoms with van der Waals surface area (Å²) in [4.78, 5) is 0. The van der Waals surface area contributed by atoms with Gasteiger partial charge in [0.2, 0.25) is 0 Å². The summed E-state index contributed by atoms with van der Waals surface area (Å²) >= 11 is 3.61. The van der Waals surface area contributed by atoms with Crippen molar-refractivity contribution in [2.75, 3.05) is 19.8 Å². The number of fused-ring (bicyclic) bond motifs is 1. The van der Waals surface area contributed by atoms with Gasteiger partial charge in [0.15, 0.2) is 11.5 Å². The highest BCUT2D eigenvalue weighted by atomic mass is 79.9. The molecule has 2 N–H and O–H groups in total. The molecule has 0 aromatic heterocycles. The number of benzene rings is 1. The Hall–Kier alpha value is -0.740. The molecule has 0 aliphatic carbocycles. The third-order valence-electron chi connectivity index (χ3n) is 3.59. The lowest BCUT2D eigenvalue weighted by molar-refractivity contribution is 0.295. The Labute approximate surface area is 123 Å². The summed E-state index contributed by atoms with van der Waals surface area (Å²) < 4.78 is 12.7. The number of nitrogens with two attached hydrogens (primary N) is 1. The zero-order valence-corrected chi connectivity index (χ0v) is 13.3. The Kier molecular flexibility index (Phi) is 5.11. The highest BCUT2D eigenvalue weighted by molar-refractivity contribution is 9.10. The second-order valence-corrected chi connectivity index (χ2v) is 5.82. The van der Waals surface area contributed by atoms with Crippen molar-refractivity contribution in [3.8, 4) is 11.5 Å². The lowest BCUT2D eigenvalue weighted by atomic mass is 9.91. The maximum Gasteiger partial charge on any atom is 0.175 e. The molecule has 1 heterocycles. The van der Waals surface area contributed by atoms with Crippen molar-refractivity contribution >= 4 is 15.9 Å². The average Bonchev–Trinajstić information content (AvgIpc) is 2.65. The molecule has 0 fully saturated rings. The Morgan fingerprint density at radius 2 is 2.00 bits per heavy atom. The predicted octanol–water partition coefficient (Wildman–Crippen LogP) is 3.63. The summed E-state index contributed by atoms with van der Waals surface area (Å²) in [6.07, 6.45) is 2.86. The molecule has 4 heteroatoms. The molecule has 0 amide bonds. The van der Waals surface area contributed by atoms with Crippen molar-refractivity contribution < 1.29 is 9.47 Å². The van der Waals surface area contributed by atoms with E-state index in [-0.39, 0.29) is 0 Å². The standard InChI is InChI=1S/C15H22BrNO2/c1-3-11-12(10(2)5-6-17)9-13(16)15-14(11)18-7-4-8-19-15/h9-10H,3-8,17H2,1-2H3. The molecular weight excluding hydrogens is 306 g/mol. The maximum atomic E-state index is 5.93. The first kappa shape index (κ1) is 14.7. The molecule has 106 valence electrons. The van der Waals surface area contributed by atoms with Crippen molar-refractivity contribution in [2.45, 2.75) is 39.0 Å². The van der Waals surface area contributed by atoms with Gasteiger partial charge in [0.25, 0.3) is 0 Å². The van der Waals surface area contributed by atoms with Crippen LogP contribution in [0, 0.1) is 0 Å². The van der Waals surface area contributed by atoms with Gasteiger partial charge in [-0.1, -0.05) is 13.8 Å². The van der Waals surface area contributed by atoms with Crippen LogP contribution in [-0.4, -0.2) is 19.8 Å². The molecule has 0 spiro atoms. The van der Waals surface area contributed by atoms with Crippen LogP contribution in [0.4, 0.5) is 0 Å². The summed E-state index contributed by atoms with van der Waals surface area (Å²) in [5, 5.41) is 0. The summed E-state index contributed by atoms with van der Waals surface area (Å²) in [7, 11) is 0. The van der Waals surface area contributed by atoms with Crippen LogP contribution < -0.4 is 15.2 Å². The number of ether oxygens (including phenoxy) is 2. The SMILES string of the molecule is CCc1c(C(C)CCN)cc(Br)c2c1OCCCO2. The van der Waals surface area contributed by atoms with E-state index >= 15 is 0 Å². The van der Waals surface area contributed by atoms with Crippen molar-refractivity contribution in [1.82, 2.24) is 0 Å². The molecule has 0 radical (unpaired) electrons. The number of hydrogen-bond acceptors (Lipinski definition) is 3. The van der Waals surface area contributed by atoms with Crippen LogP contribution in [-0.2, 0) is 6.42 Å². The summed E-state index contributed by atoms with van der Waals surface area (Å²) in [6.45, 7) is 6.53. The molecule has 1 atom stereocenters. The fourth-order valence-electron chi connectivity index (χ4n) is 2.57. The second kappa shape index (κ2) is 6.62. The Morgan fingerprint density at radius 3 is 2.63 bits per heavy atom. The van der Waals surface area contributed by atoms with Gasteiger partial charge < -0.3 is 15.2 Å². The van der Waals surface area contributed by atoms with Crippen molar-refractivity contribution in [1.29, 1.82) is 0 Å². The minimum absolute atomic E-state index is 0.438. The van der Waals surface area contributed by atoms with Gasteiger partial charge in [-0.3, -0.25) is 0 Å². The van der Waals surface area contributed by atoms with Crippen LogP contribution in [0.2, 0.25) is 0 Å². The Balaban J connectivity index is 2.50. The number of hydrogen-bond donors (Lipinski definition) is 1. The first-order valence-corrected chi connectivity index (χ1v) is 7.79. The molecule has 1 aromatic carbocycles. The van der Waals surface area contributed by atoms with Crippen LogP contribution >= 0.6 is 15.9 Å². The van der Waals surface area contributed by atoms with Gasteiger partial charge in [-0.25, -0.2) is 0 Å². The molecule has 1 unspecified atom stereocenters. The molecular formula is C15H22BrNO2. The Bertz CT molecular complexity index is 448. The molecule has 1 aliphatic heterocycles. The minimum Gasteiger partial charge on any atom is -0.489 e. The van der Waals surface area contributed by atoms with Crippen LogP contribution in [0.3, 0.4) is 0 Å². The number of halogens is 1. The van der Waals surface area contributed by atoms with Crippen LogP contribution in [0.15, 0.2) is 10.5 Å². The van der Waals surface area contributed by atoms with Gasteiger partial charge in [0.05, 0.1) is 17.7 Å². The highest BCUT2D eigenvalue weighted by Gasteiger charge is 2.22. The zero-order valence-electron chi connectivity index (χ0n) is 11.7. The van der Waals surface area contributed by atoms with E-state index in [0.717, 1.165) is 41.8 Å². The van der Waals surface area contributed by atoms with E-state index in [1.165, 1.54) is 11.1 Å². The maximum absolute atomic E-state index is 5.93. The normalized spacial score (nSPS) is 16.0. The largest absolute Gasteiger partial charge is 0.489 e. The van der Waals surface area contributed by atoms with E-state index in [9.17, 15) is 0 Å². The quantitative estimate of drug-likeness (QED) is 0.918. The van der Waals surface area contributed by atoms with Crippen LogP contribution in [0.25, 0.3) is 0 Å².